The third-order valence-electron chi connectivity index (χ3n) is 23.0. The molecule has 24 atom stereocenters. The van der Waals surface area contributed by atoms with Gasteiger partial charge in [0, 0.05) is 79.8 Å². The van der Waals surface area contributed by atoms with E-state index in [2.05, 4.69) is 25.3 Å². The lowest BCUT2D eigenvalue weighted by molar-refractivity contribution is -0.130. The van der Waals surface area contributed by atoms with E-state index in [0.29, 0.717) is 41.5 Å². The standard InChI is InChI=1S/C22H29N3O6.C21H19ClO2.2C16H26N2O6.C15H24N2O7.CH4.3H2/c1-5-16-18(26)19(30-14(3)13(2)29-4)21(31-16)25-12-11-17(24-22(25)28)23-20(27)15-9-7-6-8-10-15;1-23-19-12-8-17(9-13-19)21(22,16-6-4-3-5-7-16)18-10-14-20(24-2)15-11-18;2*1-6-11-12(19)13(23-10(4)9(3)22-5)15(24-11)18-7-8(2)14(20)17-16(18)21;1-7-5-17(15(21)16-13(7)20)14-12(11(19)10(6-18)24-14)23-9(3)8(2)22-4;;;;/h6-14,16,18-19,21,26H,5H2,1-4H3,(H,23,24,27,28);3-15H,1-2H3;2*7,9-13,15,19H,6H2,1-5H3,(H,17,20,21);5,8-12,14,18-19H,6H2,1-4H3,(H,16,20,21);1H4;3*1H/t13-,14-,16-,18?,19+,21-;;2*9-,10-,11-,12?,13+,15-;8-,9-,10-,11?,12+,14-;;;;/m1.111..../s1. The number of halogens is 1. The van der Waals surface area contributed by atoms with Gasteiger partial charge < -0.3 is 97.2 Å². The molecule has 0 aliphatic carbocycles. The summed E-state index contributed by atoms with van der Waals surface area (Å²) in [6, 6.07) is 36.0. The zero-order chi connectivity index (χ0) is 93.6. The maximum Gasteiger partial charge on any atom is 0.351 e. The Kier molecular flexibility index (Phi) is 40.3. The van der Waals surface area contributed by atoms with Crippen LogP contribution in [0.2, 0.25) is 0 Å². The molecule has 0 saturated carbocycles. The Morgan fingerprint density at radius 1 is 0.445 bits per heavy atom. The second-order valence-corrected chi connectivity index (χ2v) is 31.9. The van der Waals surface area contributed by atoms with Crippen LogP contribution in [-0.2, 0) is 61.7 Å². The molecular weight excluding hydrogens is 1690 g/mol. The smallest absolute Gasteiger partial charge is 0.351 e. The van der Waals surface area contributed by atoms with Crippen LogP contribution in [0.3, 0.4) is 0 Å². The quantitative estimate of drug-likeness (QED) is 0.0146. The molecule has 9 N–H and O–H groups in total. The molecule has 4 aromatic carbocycles. The van der Waals surface area contributed by atoms with Crippen LogP contribution < -0.4 is 54.2 Å². The van der Waals surface area contributed by atoms with E-state index in [1.807, 2.05) is 154 Å². The van der Waals surface area contributed by atoms with Gasteiger partial charge in [-0.2, -0.15) is 4.98 Å². The van der Waals surface area contributed by atoms with E-state index in [4.69, 9.17) is 77.9 Å². The van der Waals surface area contributed by atoms with Gasteiger partial charge >= 0.3 is 22.8 Å². The van der Waals surface area contributed by atoms with E-state index in [0.717, 1.165) is 32.8 Å². The maximum absolute atomic E-state index is 12.7. The lowest BCUT2D eigenvalue weighted by Crippen LogP contribution is -2.43. The molecule has 37 heteroatoms. The molecule has 36 nitrogen and oxygen atoms in total. The Hall–Kier alpha value is -9.52. The summed E-state index contributed by atoms with van der Waals surface area (Å²) in [7, 11) is 9.58. The number of hydrogen-bond donors (Lipinski definition) is 9. The van der Waals surface area contributed by atoms with Crippen LogP contribution in [0.25, 0.3) is 0 Å². The Labute approximate surface area is 752 Å². The molecule has 4 aromatic heterocycles. The minimum absolute atomic E-state index is 0. The number of aryl methyl sites for hydroxylation is 3. The molecule has 0 radical (unpaired) electrons. The van der Waals surface area contributed by atoms with Gasteiger partial charge in [0.15, 0.2) is 24.9 Å². The van der Waals surface area contributed by atoms with Crippen molar-refractivity contribution in [3.8, 4) is 11.5 Å². The van der Waals surface area contributed by atoms with Crippen molar-refractivity contribution in [1.82, 2.24) is 38.2 Å². The number of H-pyrrole nitrogens is 3. The molecule has 712 valence electrons. The molecule has 4 saturated heterocycles. The number of aromatic amines is 3. The zero-order valence-electron chi connectivity index (χ0n) is 75.3. The average molecular weight is 1820 g/mol. The summed E-state index contributed by atoms with van der Waals surface area (Å²) in [5, 5.41) is 54.1. The second kappa shape index (κ2) is 48.9. The maximum atomic E-state index is 12.7. The first-order chi connectivity index (χ1) is 60.4. The van der Waals surface area contributed by atoms with Crippen molar-refractivity contribution in [2.45, 2.75) is 275 Å². The highest BCUT2D eigenvalue weighted by molar-refractivity contribution is 6.28. The highest BCUT2D eigenvalue weighted by Crippen LogP contribution is 2.45. The summed E-state index contributed by atoms with van der Waals surface area (Å²) in [4.78, 5) is 106. The Bertz CT molecular complexity index is 4910. The molecule has 8 heterocycles. The Morgan fingerprint density at radius 2 is 0.734 bits per heavy atom. The number of aliphatic hydroxyl groups is 5. The molecule has 4 unspecified atom stereocenters. The van der Waals surface area contributed by atoms with Crippen LogP contribution in [0.4, 0.5) is 5.82 Å². The molecule has 4 fully saturated rings. The molecule has 0 bridgehead atoms. The zero-order valence-corrected chi connectivity index (χ0v) is 76.1. The molecule has 8 aromatic rings. The molecule has 128 heavy (non-hydrogen) atoms. The number of aliphatic hydroxyl groups excluding tert-OH is 5. The van der Waals surface area contributed by atoms with Crippen molar-refractivity contribution < 1.29 is 101 Å². The predicted octanol–water partition coefficient (Wildman–Crippen LogP) is 8.13. The largest absolute Gasteiger partial charge is 0.497 e. The number of methoxy groups -OCH3 is 6. The molecule has 12 rings (SSSR count). The van der Waals surface area contributed by atoms with E-state index < -0.39 is 155 Å². The molecule has 4 aliphatic rings. The number of ether oxygens (including phenoxy) is 14. The molecular formula is C91H134ClN9O27. The first-order valence-corrected chi connectivity index (χ1v) is 42.4. The van der Waals surface area contributed by atoms with Crippen LogP contribution in [0.1, 0.15) is 176 Å². The van der Waals surface area contributed by atoms with Gasteiger partial charge in [-0.15, -0.1) is 11.6 Å². The number of amides is 1. The predicted molar refractivity (Wildman–Crippen MR) is 483 cm³/mol. The summed E-state index contributed by atoms with van der Waals surface area (Å²) in [5.74, 6) is 1.37. The number of hydrogen-bond acceptors (Lipinski definition) is 28. The fourth-order valence-electron chi connectivity index (χ4n) is 14.3. The van der Waals surface area contributed by atoms with Crippen LogP contribution in [0.15, 0.2) is 174 Å². The van der Waals surface area contributed by atoms with Crippen LogP contribution in [0.5, 0.6) is 11.5 Å². The highest BCUT2D eigenvalue weighted by atomic mass is 35.5. The topological polar surface area (TPSA) is 459 Å². The van der Waals surface area contributed by atoms with Crippen molar-refractivity contribution in [2.75, 3.05) is 54.6 Å². The first-order valence-electron chi connectivity index (χ1n) is 42.1. The summed E-state index contributed by atoms with van der Waals surface area (Å²) in [5.41, 5.74) is 0.644. The van der Waals surface area contributed by atoms with E-state index in [1.165, 1.54) is 51.7 Å². The number of nitrogens with zero attached hydrogens (tertiary/aromatic N) is 5. The number of rotatable bonds is 31. The molecule has 1 amide bonds. The Balaban J connectivity index is 0.000000341. The fourth-order valence-corrected chi connectivity index (χ4v) is 14.7. The monoisotopic (exact) mass is 1820 g/mol. The van der Waals surface area contributed by atoms with E-state index in [9.17, 15) is 63.9 Å². The van der Waals surface area contributed by atoms with Gasteiger partial charge in [0.25, 0.3) is 22.6 Å². The molecule has 0 spiro atoms. The van der Waals surface area contributed by atoms with Crippen molar-refractivity contribution >= 4 is 23.3 Å². The normalized spacial score (nSPS) is 24.8. The minimum atomic E-state index is -1.13. The fraction of sp³-hybridized carbons (Fsp3) is 0.549. The summed E-state index contributed by atoms with van der Waals surface area (Å²) in [6.07, 6.45) is -7.55. The van der Waals surface area contributed by atoms with Gasteiger partial charge in [-0.1, -0.05) is 101 Å². The van der Waals surface area contributed by atoms with Gasteiger partial charge in [-0.05, 0) is 155 Å². The third-order valence-corrected chi connectivity index (χ3v) is 23.7. The Morgan fingerprint density at radius 3 is 1.02 bits per heavy atom. The summed E-state index contributed by atoms with van der Waals surface area (Å²) < 4.78 is 83.4. The van der Waals surface area contributed by atoms with E-state index >= 15 is 0 Å². The van der Waals surface area contributed by atoms with Gasteiger partial charge in [0.1, 0.15) is 77.1 Å². The molecule has 4 aliphatic heterocycles. The summed E-state index contributed by atoms with van der Waals surface area (Å²) in [6.45, 7) is 24.6. The minimum Gasteiger partial charge on any atom is -0.497 e. The van der Waals surface area contributed by atoms with Crippen molar-refractivity contribution in [3.63, 3.8) is 0 Å². The van der Waals surface area contributed by atoms with Gasteiger partial charge in [0.05, 0.1) is 88.0 Å². The lowest BCUT2D eigenvalue weighted by atomic mass is 9.84. The third kappa shape index (κ3) is 25.8. The number of carbonyl (C=O) groups excluding carboxylic acids is 1. The van der Waals surface area contributed by atoms with Crippen molar-refractivity contribution in [1.29, 1.82) is 0 Å². The van der Waals surface area contributed by atoms with Crippen LogP contribution in [-0.4, -0.2) is 241 Å². The number of carbonyl (C=O) groups is 1. The van der Waals surface area contributed by atoms with E-state index in [-0.39, 0.29) is 66.2 Å². The van der Waals surface area contributed by atoms with Gasteiger partial charge in [-0.3, -0.25) is 52.4 Å². The second-order valence-electron chi connectivity index (χ2n) is 31.4. The van der Waals surface area contributed by atoms with Crippen LogP contribution >= 0.6 is 11.6 Å². The number of aromatic nitrogens is 8. The van der Waals surface area contributed by atoms with E-state index in [1.54, 1.807) is 87.5 Å². The summed E-state index contributed by atoms with van der Waals surface area (Å²) >= 11 is 7.22. The number of anilines is 1. The number of benzene rings is 4. The lowest BCUT2D eigenvalue weighted by Gasteiger charge is -2.29. The van der Waals surface area contributed by atoms with Gasteiger partial charge in [-0.25, -0.2) is 19.2 Å². The van der Waals surface area contributed by atoms with Crippen molar-refractivity contribution in [3.05, 3.63) is 252 Å². The SMILES string of the molecule is C.CC[C@H]1O[C@@H](n2cc(C)c(=O)[nH]c2=O)[C@@H](O[C@H](C)[C@@H](C)OC)C1O.CC[C@H]1O[C@@H](n2cc(C)c(=O)[nH]c2=O)[C@@H](O[C@H](C)[C@@H](C)OC)C1O.CC[C@H]1O[C@@H](n2ccc(NC(=O)c3ccccc3)nc2=O)[C@@H](O[C@H](C)[C@@H](C)OC)C1O.CO[C@H](C)[C@@H](C)O[C@H]1C(O)[C@@H](CO)O[C@H]1n1cc(C)c(=O)[nH]c1=O.COc1ccc(C(Cl)(c2ccccc2)c2ccc(OC)cc2)cc1.[HH].[HH].[HH]. The van der Waals surface area contributed by atoms with Crippen molar-refractivity contribution in [2.24, 2.45) is 0 Å². The number of alkyl halides is 1. The highest BCUT2D eigenvalue weighted by Gasteiger charge is 2.51. The first kappa shape index (κ1) is 106. The van der Waals surface area contributed by atoms with Crippen LogP contribution in [0, 0.1) is 20.8 Å². The van der Waals surface area contributed by atoms with Gasteiger partial charge in [0.2, 0.25) is 0 Å². The number of nitrogens with one attached hydrogen (secondary N) is 4. The average Bonchev–Trinajstić information content (AvgIpc) is 1.76.